The minimum atomic E-state index is -2.24. The van der Waals surface area contributed by atoms with Crippen molar-refractivity contribution in [2.45, 2.75) is 52.4 Å². The molecular weight excluding hydrogens is 303 g/mol. The van der Waals surface area contributed by atoms with Gasteiger partial charge in [-0.15, -0.1) is 0 Å². The van der Waals surface area contributed by atoms with Crippen molar-refractivity contribution in [2.75, 3.05) is 0 Å². The molecule has 0 N–H and O–H groups in total. The molecule has 2 aromatic carbocycles. The second-order valence-corrected chi connectivity index (χ2v) is 7.29. The van der Waals surface area contributed by atoms with E-state index in [9.17, 15) is 4.57 Å². The maximum Gasteiger partial charge on any atom is 0.265 e. The fourth-order valence-electron chi connectivity index (χ4n) is 2.46. The highest BCUT2D eigenvalue weighted by molar-refractivity contribution is 7.48. The standard InChI is InChI=1S/C20H27O2P/c1-3-5-7-17-9-13-19(14-10-17)22-23(21)20-15-11-18(12-16-20)8-6-4-2/h9-16,23H,3-8H2,1-2H3. The molecule has 0 aliphatic heterocycles. The zero-order chi connectivity index (χ0) is 16.5. The summed E-state index contributed by atoms with van der Waals surface area (Å²) in [4.78, 5) is 0. The molecule has 1 atom stereocenters. The summed E-state index contributed by atoms with van der Waals surface area (Å²) >= 11 is 0. The van der Waals surface area contributed by atoms with Gasteiger partial charge in [0, 0.05) is 5.30 Å². The van der Waals surface area contributed by atoms with E-state index in [1.165, 1.54) is 36.8 Å². The molecule has 0 saturated carbocycles. The summed E-state index contributed by atoms with van der Waals surface area (Å²) in [5, 5.41) is 0.783. The quantitative estimate of drug-likeness (QED) is 0.563. The lowest BCUT2D eigenvalue weighted by Crippen LogP contribution is -2.00. The monoisotopic (exact) mass is 330 g/mol. The third kappa shape index (κ3) is 5.88. The zero-order valence-corrected chi connectivity index (χ0v) is 15.2. The summed E-state index contributed by atoms with van der Waals surface area (Å²) in [6.07, 6.45) is 6.94. The minimum absolute atomic E-state index is 0.684. The number of benzene rings is 2. The van der Waals surface area contributed by atoms with E-state index in [0.717, 1.165) is 18.1 Å². The van der Waals surface area contributed by atoms with Crippen molar-refractivity contribution >= 4 is 13.3 Å². The van der Waals surface area contributed by atoms with Gasteiger partial charge in [-0.2, -0.15) is 0 Å². The Kier molecular flexibility index (Phi) is 7.42. The van der Waals surface area contributed by atoms with Crippen LogP contribution in [0.15, 0.2) is 48.5 Å². The Morgan fingerprint density at radius 2 is 1.26 bits per heavy atom. The molecule has 2 nitrogen and oxygen atoms in total. The Morgan fingerprint density at radius 3 is 1.74 bits per heavy atom. The summed E-state index contributed by atoms with van der Waals surface area (Å²) in [6, 6.07) is 16.0. The number of unbranched alkanes of at least 4 members (excludes halogenated alkanes) is 2. The van der Waals surface area contributed by atoms with Crippen LogP contribution < -0.4 is 9.83 Å². The lowest BCUT2D eigenvalue weighted by molar-refractivity contribution is 0.514. The second kappa shape index (κ2) is 9.57. The number of hydrogen-bond donors (Lipinski definition) is 0. The van der Waals surface area contributed by atoms with Gasteiger partial charge in [0.05, 0.1) is 0 Å². The largest absolute Gasteiger partial charge is 0.442 e. The van der Waals surface area contributed by atoms with Gasteiger partial charge >= 0.3 is 0 Å². The molecule has 0 heterocycles. The number of aryl methyl sites for hydroxylation is 2. The summed E-state index contributed by atoms with van der Waals surface area (Å²) in [7, 11) is -2.24. The minimum Gasteiger partial charge on any atom is -0.442 e. The van der Waals surface area contributed by atoms with Gasteiger partial charge in [0.15, 0.2) is 0 Å². The lowest BCUT2D eigenvalue weighted by Gasteiger charge is -2.08. The molecule has 0 amide bonds. The third-order valence-electron chi connectivity index (χ3n) is 3.96. The molecule has 1 unspecified atom stereocenters. The molecule has 0 spiro atoms. The van der Waals surface area contributed by atoms with Crippen molar-refractivity contribution < 1.29 is 9.09 Å². The van der Waals surface area contributed by atoms with Gasteiger partial charge in [-0.1, -0.05) is 51.0 Å². The first-order valence-electron chi connectivity index (χ1n) is 8.63. The third-order valence-corrected chi connectivity index (χ3v) is 5.19. The smallest absolute Gasteiger partial charge is 0.265 e. The van der Waals surface area contributed by atoms with E-state index in [1.807, 2.05) is 24.3 Å². The van der Waals surface area contributed by atoms with Gasteiger partial charge in [0.2, 0.25) is 0 Å². The highest BCUT2D eigenvalue weighted by Crippen LogP contribution is 2.27. The maximum atomic E-state index is 12.4. The molecule has 0 radical (unpaired) electrons. The summed E-state index contributed by atoms with van der Waals surface area (Å²) in [5.41, 5.74) is 2.60. The summed E-state index contributed by atoms with van der Waals surface area (Å²) in [6.45, 7) is 4.38. The fraction of sp³-hybridized carbons (Fsp3) is 0.400. The van der Waals surface area contributed by atoms with E-state index in [0.29, 0.717) is 5.75 Å². The van der Waals surface area contributed by atoms with E-state index >= 15 is 0 Å². The van der Waals surface area contributed by atoms with Crippen molar-refractivity contribution in [3.8, 4) is 5.75 Å². The topological polar surface area (TPSA) is 26.3 Å². The predicted molar refractivity (Wildman–Crippen MR) is 99.4 cm³/mol. The number of hydrogen-bond acceptors (Lipinski definition) is 2. The fourth-order valence-corrected chi connectivity index (χ4v) is 3.37. The van der Waals surface area contributed by atoms with Crippen LogP contribution >= 0.6 is 8.03 Å². The van der Waals surface area contributed by atoms with Crippen molar-refractivity contribution in [1.29, 1.82) is 0 Å². The Bertz CT molecular complexity index is 603. The van der Waals surface area contributed by atoms with Crippen LogP contribution in [-0.4, -0.2) is 0 Å². The van der Waals surface area contributed by atoms with Crippen LogP contribution in [0.4, 0.5) is 0 Å². The molecule has 2 rings (SSSR count). The Labute approximate surface area is 140 Å². The van der Waals surface area contributed by atoms with Gasteiger partial charge in [-0.25, -0.2) is 0 Å². The Balaban J connectivity index is 1.93. The van der Waals surface area contributed by atoms with E-state index in [2.05, 4.69) is 38.1 Å². The maximum absolute atomic E-state index is 12.4. The van der Waals surface area contributed by atoms with Crippen LogP contribution in [-0.2, 0) is 17.4 Å². The molecule has 0 saturated heterocycles. The molecule has 0 fully saturated rings. The average Bonchev–Trinajstić information content (AvgIpc) is 2.59. The van der Waals surface area contributed by atoms with Gasteiger partial charge in [0.25, 0.3) is 8.03 Å². The summed E-state index contributed by atoms with van der Waals surface area (Å²) < 4.78 is 18.0. The molecule has 0 aliphatic rings. The van der Waals surface area contributed by atoms with Gasteiger partial charge in [-0.05, 0) is 61.1 Å². The molecular formula is C20H27O2P. The molecule has 0 aromatic heterocycles. The van der Waals surface area contributed by atoms with Gasteiger partial charge in [-0.3, -0.25) is 4.57 Å². The van der Waals surface area contributed by atoms with E-state index < -0.39 is 8.03 Å². The molecule has 23 heavy (non-hydrogen) atoms. The van der Waals surface area contributed by atoms with Gasteiger partial charge < -0.3 is 4.52 Å². The first kappa shape index (κ1) is 17.8. The molecule has 124 valence electrons. The van der Waals surface area contributed by atoms with E-state index in [1.54, 1.807) is 0 Å². The normalized spacial score (nSPS) is 12.1. The van der Waals surface area contributed by atoms with Crippen LogP contribution in [0.2, 0.25) is 0 Å². The highest BCUT2D eigenvalue weighted by Gasteiger charge is 2.06. The Hall–Kier alpha value is -1.53. The molecule has 0 aliphatic carbocycles. The number of rotatable bonds is 9. The zero-order valence-electron chi connectivity index (χ0n) is 14.2. The first-order valence-corrected chi connectivity index (χ1v) is 9.94. The second-order valence-electron chi connectivity index (χ2n) is 5.94. The first-order chi connectivity index (χ1) is 11.2. The van der Waals surface area contributed by atoms with Crippen LogP contribution in [0.5, 0.6) is 5.75 Å². The van der Waals surface area contributed by atoms with Gasteiger partial charge in [0.1, 0.15) is 5.75 Å². The van der Waals surface area contributed by atoms with Crippen LogP contribution in [0, 0.1) is 0 Å². The van der Waals surface area contributed by atoms with Crippen molar-refractivity contribution in [1.82, 2.24) is 0 Å². The van der Waals surface area contributed by atoms with Crippen LogP contribution in [0.3, 0.4) is 0 Å². The van der Waals surface area contributed by atoms with Crippen molar-refractivity contribution in [2.24, 2.45) is 0 Å². The van der Waals surface area contributed by atoms with Crippen molar-refractivity contribution in [3.05, 3.63) is 59.7 Å². The van der Waals surface area contributed by atoms with Crippen molar-refractivity contribution in [3.63, 3.8) is 0 Å². The Morgan fingerprint density at radius 1 is 0.783 bits per heavy atom. The average molecular weight is 330 g/mol. The predicted octanol–water partition coefficient (Wildman–Crippen LogP) is 5.55. The van der Waals surface area contributed by atoms with Crippen LogP contribution in [0.1, 0.15) is 50.7 Å². The molecule has 2 aromatic rings. The van der Waals surface area contributed by atoms with Crippen LogP contribution in [0.25, 0.3) is 0 Å². The van der Waals surface area contributed by atoms with E-state index in [-0.39, 0.29) is 0 Å². The highest BCUT2D eigenvalue weighted by atomic mass is 31.1. The summed E-state index contributed by atoms with van der Waals surface area (Å²) in [5.74, 6) is 0.684. The molecule has 0 bridgehead atoms. The lowest BCUT2D eigenvalue weighted by atomic mass is 10.1. The van der Waals surface area contributed by atoms with E-state index in [4.69, 9.17) is 4.52 Å². The molecule has 3 heteroatoms. The SMILES string of the molecule is CCCCc1ccc(O[PH](=O)c2ccc(CCCC)cc2)cc1.